The fourth-order valence-electron chi connectivity index (χ4n) is 2.15. The zero-order valence-electron chi connectivity index (χ0n) is 10.9. The Kier molecular flexibility index (Phi) is 4.16. The topological polar surface area (TPSA) is 89.5 Å². The van der Waals surface area contributed by atoms with Crippen LogP contribution in [0.5, 0.6) is 0 Å². The summed E-state index contributed by atoms with van der Waals surface area (Å²) in [5, 5.41) is 8.74. The van der Waals surface area contributed by atoms with E-state index in [1.807, 2.05) is 16.7 Å². The number of aromatic amines is 1. The molecule has 2 heterocycles. The van der Waals surface area contributed by atoms with Crippen molar-refractivity contribution < 1.29 is 9.90 Å². The molecule has 7 nitrogen and oxygen atoms in total. The average molecular weight is 266 g/mol. The first-order valence-corrected chi connectivity index (χ1v) is 6.38. The number of hydrogen-bond acceptors (Lipinski definition) is 5. The molecule has 1 aromatic rings. The molecule has 104 valence electrons. The molecule has 1 saturated heterocycles. The Hall–Kier alpha value is -1.89. The average Bonchev–Trinajstić information content (AvgIpc) is 2.38. The maximum absolute atomic E-state index is 11.5. The first-order chi connectivity index (χ1) is 9.08. The molecule has 0 atom stereocenters. The molecule has 1 aliphatic rings. The van der Waals surface area contributed by atoms with E-state index in [1.165, 1.54) is 6.07 Å². The largest absolute Gasteiger partial charge is 0.480 e. The lowest BCUT2D eigenvalue weighted by Gasteiger charge is -2.34. The molecule has 0 radical (unpaired) electrons. The summed E-state index contributed by atoms with van der Waals surface area (Å²) in [6.07, 6.45) is 0.683. The fourth-order valence-corrected chi connectivity index (χ4v) is 2.15. The number of carbonyl (C=O) groups is 1. The molecule has 0 saturated carbocycles. The smallest absolute Gasteiger partial charge is 0.317 e. The lowest BCUT2D eigenvalue weighted by atomic mass is 10.3. The van der Waals surface area contributed by atoms with E-state index in [4.69, 9.17) is 5.11 Å². The van der Waals surface area contributed by atoms with Gasteiger partial charge in [0.1, 0.15) is 11.6 Å². The summed E-state index contributed by atoms with van der Waals surface area (Å²) in [5.41, 5.74) is -0.144. The van der Waals surface area contributed by atoms with E-state index < -0.39 is 5.97 Å². The number of aliphatic carboxylic acids is 1. The van der Waals surface area contributed by atoms with Crippen molar-refractivity contribution in [1.29, 1.82) is 0 Å². The summed E-state index contributed by atoms with van der Waals surface area (Å²) in [6, 6.07) is 1.49. The Morgan fingerprint density at radius 2 is 2.11 bits per heavy atom. The number of aryl methyl sites for hydroxylation is 1. The van der Waals surface area contributed by atoms with E-state index in [9.17, 15) is 9.59 Å². The highest BCUT2D eigenvalue weighted by Crippen LogP contribution is 2.11. The van der Waals surface area contributed by atoms with Gasteiger partial charge in [-0.2, -0.15) is 0 Å². The van der Waals surface area contributed by atoms with Crippen LogP contribution in [-0.4, -0.2) is 58.7 Å². The molecule has 0 bridgehead atoms. The number of carboxylic acid groups (broad SMARTS) is 1. The molecular weight excluding hydrogens is 248 g/mol. The number of aromatic nitrogens is 2. The van der Waals surface area contributed by atoms with Crippen LogP contribution in [0.25, 0.3) is 0 Å². The highest BCUT2D eigenvalue weighted by Gasteiger charge is 2.20. The number of piperazine rings is 1. The summed E-state index contributed by atoms with van der Waals surface area (Å²) in [7, 11) is 0. The number of hydrogen-bond donors (Lipinski definition) is 2. The van der Waals surface area contributed by atoms with Crippen molar-refractivity contribution in [3.8, 4) is 0 Å². The molecule has 0 amide bonds. The summed E-state index contributed by atoms with van der Waals surface area (Å²) in [6.45, 7) is 4.72. The van der Waals surface area contributed by atoms with Gasteiger partial charge in [0.25, 0.3) is 5.56 Å². The van der Waals surface area contributed by atoms with Crippen LogP contribution >= 0.6 is 0 Å². The van der Waals surface area contributed by atoms with Crippen LogP contribution < -0.4 is 10.5 Å². The molecule has 0 aliphatic carbocycles. The minimum Gasteiger partial charge on any atom is -0.480 e. The summed E-state index contributed by atoms with van der Waals surface area (Å²) in [5.74, 6) is 0.544. The first-order valence-electron chi connectivity index (χ1n) is 6.38. The van der Waals surface area contributed by atoms with Gasteiger partial charge < -0.3 is 15.0 Å². The maximum Gasteiger partial charge on any atom is 0.317 e. The zero-order chi connectivity index (χ0) is 13.8. The van der Waals surface area contributed by atoms with Crippen molar-refractivity contribution in [3.05, 3.63) is 22.2 Å². The van der Waals surface area contributed by atoms with Crippen LogP contribution in [0.1, 0.15) is 12.7 Å². The van der Waals surface area contributed by atoms with Crippen LogP contribution in [0.4, 0.5) is 5.82 Å². The van der Waals surface area contributed by atoms with E-state index in [2.05, 4.69) is 9.97 Å². The number of carboxylic acids is 1. The lowest BCUT2D eigenvalue weighted by molar-refractivity contribution is -0.138. The van der Waals surface area contributed by atoms with Gasteiger partial charge in [0.2, 0.25) is 0 Å². The normalized spacial score (nSPS) is 16.6. The molecule has 19 heavy (non-hydrogen) atoms. The SMILES string of the molecule is CCc1nc(N2CCN(CC(=O)O)CC2)cc(=O)[nH]1. The quantitative estimate of drug-likeness (QED) is 0.766. The Morgan fingerprint density at radius 1 is 1.42 bits per heavy atom. The number of rotatable bonds is 4. The number of nitrogens with one attached hydrogen (secondary N) is 1. The van der Waals surface area contributed by atoms with Gasteiger partial charge in [0.15, 0.2) is 0 Å². The van der Waals surface area contributed by atoms with Gasteiger partial charge in [0.05, 0.1) is 6.54 Å². The van der Waals surface area contributed by atoms with E-state index in [0.29, 0.717) is 44.2 Å². The Morgan fingerprint density at radius 3 is 2.68 bits per heavy atom. The van der Waals surface area contributed by atoms with Crippen LogP contribution in [0, 0.1) is 0 Å². The van der Waals surface area contributed by atoms with Crippen LogP contribution in [0.15, 0.2) is 10.9 Å². The predicted octanol–water partition coefficient (Wildman–Crippen LogP) is -0.461. The fraction of sp³-hybridized carbons (Fsp3) is 0.583. The van der Waals surface area contributed by atoms with E-state index in [1.54, 1.807) is 0 Å². The number of H-pyrrole nitrogens is 1. The second-order valence-corrected chi connectivity index (χ2v) is 4.56. The van der Waals surface area contributed by atoms with Gasteiger partial charge in [-0.3, -0.25) is 14.5 Å². The number of nitrogens with zero attached hydrogens (tertiary/aromatic N) is 3. The molecule has 1 aliphatic heterocycles. The second-order valence-electron chi connectivity index (χ2n) is 4.56. The van der Waals surface area contributed by atoms with E-state index >= 15 is 0 Å². The van der Waals surface area contributed by atoms with Gasteiger partial charge in [-0.25, -0.2) is 4.98 Å². The minimum absolute atomic E-state index is 0.0663. The molecule has 2 N–H and O–H groups in total. The second kappa shape index (κ2) is 5.83. The number of anilines is 1. The molecule has 0 aromatic carbocycles. The highest BCUT2D eigenvalue weighted by atomic mass is 16.4. The van der Waals surface area contributed by atoms with Crippen molar-refractivity contribution in [2.24, 2.45) is 0 Å². The summed E-state index contributed by atoms with van der Waals surface area (Å²) < 4.78 is 0. The van der Waals surface area contributed by atoms with Crippen LogP contribution in [0.3, 0.4) is 0 Å². The predicted molar refractivity (Wildman–Crippen MR) is 70.5 cm³/mol. The summed E-state index contributed by atoms with van der Waals surface area (Å²) >= 11 is 0. The lowest BCUT2D eigenvalue weighted by Crippen LogP contribution is -2.48. The van der Waals surface area contributed by atoms with Gasteiger partial charge in [-0.1, -0.05) is 6.92 Å². The molecule has 0 unspecified atom stereocenters. The van der Waals surface area contributed by atoms with Gasteiger partial charge >= 0.3 is 5.97 Å². The van der Waals surface area contributed by atoms with Crippen LogP contribution in [-0.2, 0) is 11.2 Å². The molecule has 7 heteroatoms. The molecule has 2 rings (SSSR count). The van der Waals surface area contributed by atoms with Crippen LogP contribution in [0.2, 0.25) is 0 Å². The Bertz CT molecular complexity index is 506. The van der Waals surface area contributed by atoms with Crippen molar-refractivity contribution in [3.63, 3.8) is 0 Å². The van der Waals surface area contributed by atoms with E-state index in [0.717, 1.165) is 0 Å². The first kappa shape index (κ1) is 13.5. The maximum atomic E-state index is 11.5. The van der Waals surface area contributed by atoms with Gasteiger partial charge in [-0.05, 0) is 0 Å². The Balaban J connectivity index is 2.03. The van der Waals surface area contributed by atoms with Gasteiger partial charge in [-0.15, -0.1) is 0 Å². The molecule has 0 spiro atoms. The zero-order valence-corrected chi connectivity index (χ0v) is 10.9. The van der Waals surface area contributed by atoms with Crippen molar-refractivity contribution in [2.75, 3.05) is 37.6 Å². The Labute approximate surface area is 110 Å². The van der Waals surface area contributed by atoms with Crippen molar-refractivity contribution in [2.45, 2.75) is 13.3 Å². The highest BCUT2D eigenvalue weighted by molar-refractivity contribution is 5.69. The monoisotopic (exact) mass is 266 g/mol. The molecular formula is C12H18N4O3. The molecule has 1 aromatic heterocycles. The third-order valence-electron chi connectivity index (χ3n) is 3.17. The molecule has 1 fully saturated rings. The standard InChI is InChI=1S/C12H18N4O3/c1-2-9-13-10(7-11(17)14-9)16-5-3-15(4-6-16)8-12(18)19/h7H,2-6,8H2,1H3,(H,18,19)(H,13,14,17). The van der Waals surface area contributed by atoms with Gasteiger partial charge in [0, 0.05) is 38.7 Å². The van der Waals surface area contributed by atoms with Crippen molar-refractivity contribution in [1.82, 2.24) is 14.9 Å². The third kappa shape index (κ3) is 3.54. The third-order valence-corrected chi connectivity index (χ3v) is 3.17. The summed E-state index contributed by atoms with van der Waals surface area (Å²) in [4.78, 5) is 33.1. The van der Waals surface area contributed by atoms with E-state index in [-0.39, 0.29) is 12.1 Å². The van der Waals surface area contributed by atoms with Crippen molar-refractivity contribution >= 4 is 11.8 Å². The minimum atomic E-state index is -0.809.